The topological polar surface area (TPSA) is 29.5 Å². The number of alkyl halides is 1. The second kappa shape index (κ2) is 6.24. The summed E-state index contributed by atoms with van der Waals surface area (Å²) in [4.78, 5) is 13.8. The van der Waals surface area contributed by atoms with Gasteiger partial charge in [-0.2, -0.15) is 0 Å². The Labute approximate surface area is 125 Å². The van der Waals surface area contributed by atoms with Gasteiger partial charge in [0.1, 0.15) is 11.6 Å². The molecule has 0 spiro atoms. The molecule has 0 radical (unpaired) electrons. The molecule has 1 aromatic carbocycles. The molecule has 1 amide bonds. The highest BCUT2D eigenvalue weighted by molar-refractivity contribution is 6.30. The van der Waals surface area contributed by atoms with E-state index in [1.54, 1.807) is 6.92 Å². The van der Waals surface area contributed by atoms with E-state index in [9.17, 15) is 13.6 Å². The van der Waals surface area contributed by atoms with E-state index in [0.717, 1.165) is 12.1 Å². The Morgan fingerprint density at radius 2 is 2.15 bits per heavy atom. The number of benzene rings is 1. The summed E-state index contributed by atoms with van der Waals surface area (Å²) in [6.07, 6.45) is -0.308. The van der Waals surface area contributed by atoms with Gasteiger partial charge in [0, 0.05) is 6.54 Å². The fraction of sp³-hybridized carbons (Fsp3) is 0.462. The van der Waals surface area contributed by atoms with Crippen molar-refractivity contribution < 1.29 is 18.3 Å². The summed E-state index contributed by atoms with van der Waals surface area (Å²) >= 11 is 11.2. The van der Waals surface area contributed by atoms with Gasteiger partial charge in [-0.05, 0) is 19.1 Å². The molecule has 110 valence electrons. The molecule has 0 aromatic heterocycles. The van der Waals surface area contributed by atoms with Crippen LogP contribution in [0.2, 0.25) is 5.02 Å². The van der Waals surface area contributed by atoms with Gasteiger partial charge in [-0.3, -0.25) is 4.79 Å². The van der Waals surface area contributed by atoms with E-state index in [-0.39, 0.29) is 35.2 Å². The van der Waals surface area contributed by atoms with Crippen molar-refractivity contribution in [1.82, 2.24) is 4.90 Å². The molecule has 1 aromatic rings. The van der Waals surface area contributed by atoms with Crippen LogP contribution in [0.1, 0.15) is 17.3 Å². The van der Waals surface area contributed by atoms with Crippen molar-refractivity contribution in [2.75, 3.05) is 19.0 Å². The standard InChI is InChI=1S/C13H13Cl2F2NO2/c1-7-6-20-8(4-14)5-18(7)13(19)9-2-12(17)10(15)3-11(9)16/h2-3,7-8H,4-6H2,1H3. The molecule has 7 heteroatoms. The molecule has 0 N–H and O–H groups in total. The first-order chi connectivity index (χ1) is 9.43. The van der Waals surface area contributed by atoms with Crippen LogP contribution in [0.3, 0.4) is 0 Å². The van der Waals surface area contributed by atoms with Crippen molar-refractivity contribution >= 4 is 29.1 Å². The molecule has 2 unspecified atom stereocenters. The van der Waals surface area contributed by atoms with E-state index in [2.05, 4.69) is 0 Å². The van der Waals surface area contributed by atoms with Crippen molar-refractivity contribution in [1.29, 1.82) is 0 Å². The Kier molecular flexibility index (Phi) is 4.83. The summed E-state index contributed by atoms with van der Waals surface area (Å²) in [5.74, 6) is -2.04. The number of amides is 1. The lowest BCUT2D eigenvalue weighted by molar-refractivity contribution is -0.0373. The summed E-state index contributed by atoms with van der Waals surface area (Å²) < 4.78 is 32.6. The number of hydrogen-bond donors (Lipinski definition) is 0. The zero-order valence-electron chi connectivity index (χ0n) is 10.7. The fourth-order valence-electron chi connectivity index (χ4n) is 2.03. The van der Waals surface area contributed by atoms with Gasteiger partial charge < -0.3 is 9.64 Å². The van der Waals surface area contributed by atoms with E-state index < -0.39 is 17.5 Å². The molecule has 3 nitrogen and oxygen atoms in total. The number of carbonyl (C=O) groups is 1. The van der Waals surface area contributed by atoms with Gasteiger partial charge in [-0.1, -0.05) is 11.6 Å². The number of carbonyl (C=O) groups excluding carboxylic acids is 1. The van der Waals surface area contributed by atoms with Crippen molar-refractivity contribution in [2.45, 2.75) is 19.1 Å². The van der Waals surface area contributed by atoms with Crippen LogP contribution in [-0.2, 0) is 4.74 Å². The lowest BCUT2D eigenvalue weighted by Gasteiger charge is -2.37. The third-order valence-electron chi connectivity index (χ3n) is 3.18. The third-order valence-corrected chi connectivity index (χ3v) is 3.81. The summed E-state index contributed by atoms with van der Waals surface area (Å²) in [6.45, 7) is 2.32. The highest BCUT2D eigenvalue weighted by Gasteiger charge is 2.31. The van der Waals surface area contributed by atoms with Crippen LogP contribution in [0, 0.1) is 11.6 Å². The van der Waals surface area contributed by atoms with E-state index in [1.807, 2.05) is 0 Å². The molecule has 2 atom stereocenters. The Hall–Kier alpha value is -0.910. The molecule has 1 heterocycles. The quantitative estimate of drug-likeness (QED) is 0.618. The predicted octanol–water partition coefficient (Wildman–Crippen LogP) is 3.09. The Bertz CT molecular complexity index is 527. The normalized spacial score (nSPS) is 22.9. The zero-order chi connectivity index (χ0) is 14.9. The van der Waals surface area contributed by atoms with Crippen molar-refractivity contribution in [2.24, 2.45) is 0 Å². The average molecular weight is 324 g/mol. The third kappa shape index (κ3) is 3.05. The van der Waals surface area contributed by atoms with Crippen molar-refractivity contribution in [3.63, 3.8) is 0 Å². The molecular formula is C13H13Cl2F2NO2. The summed E-state index contributed by atoms with van der Waals surface area (Å²) in [6, 6.07) is 1.38. The lowest BCUT2D eigenvalue weighted by Crippen LogP contribution is -2.51. The van der Waals surface area contributed by atoms with Crippen LogP contribution in [0.4, 0.5) is 8.78 Å². The number of halogens is 4. The molecule has 2 rings (SSSR count). The highest BCUT2D eigenvalue weighted by atomic mass is 35.5. The second-order valence-corrected chi connectivity index (χ2v) is 5.38. The van der Waals surface area contributed by atoms with Gasteiger partial charge in [0.25, 0.3) is 5.91 Å². The largest absolute Gasteiger partial charge is 0.373 e. The number of morpholine rings is 1. The SMILES string of the molecule is CC1COC(CCl)CN1C(=O)c1cc(F)c(Cl)cc1F. The summed E-state index contributed by atoms with van der Waals surface area (Å²) in [7, 11) is 0. The monoisotopic (exact) mass is 323 g/mol. The molecule has 1 saturated heterocycles. The molecule has 0 aliphatic carbocycles. The molecule has 0 bridgehead atoms. The van der Waals surface area contributed by atoms with Gasteiger partial charge in [0.05, 0.1) is 35.2 Å². The van der Waals surface area contributed by atoms with Gasteiger partial charge >= 0.3 is 0 Å². The van der Waals surface area contributed by atoms with Gasteiger partial charge in [-0.25, -0.2) is 8.78 Å². The fourth-order valence-corrected chi connectivity index (χ4v) is 2.37. The van der Waals surface area contributed by atoms with E-state index in [0.29, 0.717) is 6.61 Å². The molecule has 1 fully saturated rings. The van der Waals surface area contributed by atoms with Crippen LogP contribution < -0.4 is 0 Å². The van der Waals surface area contributed by atoms with Crippen LogP contribution in [0.5, 0.6) is 0 Å². The Balaban J connectivity index is 2.28. The number of hydrogen-bond acceptors (Lipinski definition) is 2. The van der Waals surface area contributed by atoms with Gasteiger partial charge in [0.2, 0.25) is 0 Å². The molecule has 20 heavy (non-hydrogen) atoms. The second-order valence-electron chi connectivity index (χ2n) is 4.66. The highest BCUT2D eigenvalue weighted by Crippen LogP contribution is 2.23. The maximum Gasteiger partial charge on any atom is 0.257 e. The van der Waals surface area contributed by atoms with Crippen molar-refractivity contribution in [3.8, 4) is 0 Å². The summed E-state index contributed by atoms with van der Waals surface area (Å²) in [5.41, 5.74) is -0.339. The number of ether oxygens (including phenoxy) is 1. The average Bonchev–Trinajstić information content (AvgIpc) is 2.42. The van der Waals surface area contributed by atoms with Crippen LogP contribution in [0.15, 0.2) is 12.1 Å². The van der Waals surface area contributed by atoms with E-state index in [4.69, 9.17) is 27.9 Å². The molecule has 1 aliphatic rings. The zero-order valence-corrected chi connectivity index (χ0v) is 12.2. The van der Waals surface area contributed by atoms with Crippen LogP contribution in [0.25, 0.3) is 0 Å². The molecular weight excluding hydrogens is 311 g/mol. The van der Waals surface area contributed by atoms with Crippen molar-refractivity contribution in [3.05, 3.63) is 34.4 Å². The smallest absolute Gasteiger partial charge is 0.257 e. The maximum absolute atomic E-state index is 13.8. The first-order valence-electron chi connectivity index (χ1n) is 6.07. The number of nitrogens with zero attached hydrogens (tertiary/aromatic N) is 1. The van der Waals surface area contributed by atoms with Gasteiger partial charge in [-0.15, -0.1) is 11.6 Å². The first-order valence-corrected chi connectivity index (χ1v) is 6.98. The predicted molar refractivity (Wildman–Crippen MR) is 72.3 cm³/mol. The molecule has 1 aliphatic heterocycles. The minimum Gasteiger partial charge on any atom is -0.373 e. The Morgan fingerprint density at radius 1 is 1.45 bits per heavy atom. The minimum atomic E-state index is -0.845. The van der Waals surface area contributed by atoms with Gasteiger partial charge in [0.15, 0.2) is 0 Å². The minimum absolute atomic E-state index is 0.230. The van der Waals surface area contributed by atoms with Crippen LogP contribution in [-0.4, -0.2) is 42.0 Å². The lowest BCUT2D eigenvalue weighted by atomic mass is 10.1. The summed E-state index contributed by atoms with van der Waals surface area (Å²) in [5, 5.41) is -0.354. The number of rotatable bonds is 2. The first kappa shape index (κ1) is 15.5. The maximum atomic E-state index is 13.8. The van der Waals surface area contributed by atoms with E-state index >= 15 is 0 Å². The van der Waals surface area contributed by atoms with E-state index in [1.165, 1.54) is 4.90 Å². The Morgan fingerprint density at radius 3 is 2.80 bits per heavy atom. The molecule has 0 saturated carbocycles. The van der Waals surface area contributed by atoms with Crippen LogP contribution >= 0.6 is 23.2 Å².